The molecule has 0 aliphatic rings. The van der Waals surface area contributed by atoms with E-state index in [0.29, 0.717) is 6.54 Å². The summed E-state index contributed by atoms with van der Waals surface area (Å²) in [7, 11) is 0. The van der Waals surface area contributed by atoms with Gasteiger partial charge >= 0.3 is 0 Å². The average Bonchev–Trinajstić information content (AvgIpc) is 2.45. The predicted molar refractivity (Wildman–Crippen MR) is 84.1 cm³/mol. The summed E-state index contributed by atoms with van der Waals surface area (Å²) in [5.74, 6) is 0.880. The van der Waals surface area contributed by atoms with Crippen LogP contribution in [-0.4, -0.2) is 12.6 Å². The van der Waals surface area contributed by atoms with Gasteiger partial charge in [0, 0.05) is 12.2 Å². The molecule has 1 atom stereocenters. The van der Waals surface area contributed by atoms with Crippen molar-refractivity contribution in [3.8, 4) is 5.75 Å². The molecule has 3 nitrogen and oxygen atoms in total. The number of hydrogen-bond donors (Lipinski definition) is 2. The summed E-state index contributed by atoms with van der Waals surface area (Å²) < 4.78 is 5.73. The van der Waals surface area contributed by atoms with Crippen molar-refractivity contribution in [2.75, 3.05) is 11.9 Å². The Hall–Kier alpha value is -2.00. The molecule has 1 unspecified atom stereocenters. The van der Waals surface area contributed by atoms with E-state index in [1.54, 1.807) is 0 Å². The Morgan fingerprint density at radius 2 is 1.80 bits per heavy atom. The second kappa shape index (κ2) is 6.96. The van der Waals surface area contributed by atoms with Crippen molar-refractivity contribution in [1.29, 1.82) is 0 Å². The molecule has 2 rings (SSSR count). The highest BCUT2D eigenvalue weighted by atomic mass is 16.5. The highest BCUT2D eigenvalue weighted by Gasteiger charge is 2.10. The molecular formula is C17H22N2O. The van der Waals surface area contributed by atoms with Gasteiger partial charge in [-0.25, -0.2) is 0 Å². The monoisotopic (exact) mass is 270 g/mol. The highest BCUT2D eigenvalue weighted by molar-refractivity contribution is 5.46. The molecule has 2 aromatic rings. The molecule has 0 saturated carbocycles. The topological polar surface area (TPSA) is 47.3 Å². The number of para-hydroxylation sites is 1. The van der Waals surface area contributed by atoms with Crippen LogP contribution in [0.3, 0.4) is 0 Å². The third-order valence-corrected chi connectivity index (χ3v) is 2.98. The lowest BCUT2D eigenvalue weighted by molar-refractivity contribution is 0.242. The number of benzene rings is 2. The number of nitrogens with one attached hydrogen (secondary N) is 1. The Morgan fingerprint density at radius 3 is 2.45 bits per heavy atom. The maximum absolute atomic E-state index is 5.90. The van der Waals surface area contributed by atoms with Gasteiger partial charge in [0.15, 0.2) is 0 Å². The molecular weight excluding hydrogens is 248 g/mol. The van der Waals surface area contributed by atoms with Crippen molar-refractivity contribution in [1.82, 2.24) is 0 Å². The maximum atomic E-state index is 5.90. The van der Waals surface area contributed by atoms with Crippen LogP contribution >= 0.6 is 0 Å². The third kappa shape index (κ3) is 4.00. The average molecular weight is 270 g/mol. The van der Waals surface area contributed by atoms with E-state index in [4.69, 9.17) is 10.5 Å². The van der Waals surface area contributed by atoms with Gasteiger partial charge in [-0.1, -0.05) is 30.3 Å². The van der Waals surface area contributed by atoms with Crippen LogP contribution in [-0.2, 0) is 0 Å². The summed E-state index contributed by atoms with van der Waals surface area (Å²) in [6.07, 6.45) is 0.170. The van der Waals surface area contributed by atoms with Crippen molar-refractivity contribution in [2.45, 2.75) is 26.0 Å². The number of hydrogen-bond acceptors (Lipinski definition) is 3. The molecule has 3 heteroatoms. The van der Waals surface area contributed by atoms with Gasteiger partial charge in [-0.15, -0.1) is 0 Å². The molecule has 0 fully saturated rings. The first-order valence-electron chi connectivity index (χ1n) is 6.97. The largest absolute Gasteiger partial charge is 0.491 e. The lowest BCUT2D eigenvalue weighted by Crippen LogP contribution is -2.20. The lowest BCUT2D eigenvalue weighted by atomic mass is 10.1. The van der Waals surface area contributed by atoms with Gasteiger partial charge < -0.3 is 15.8 Å². The molecule has 0 spiro atoms. The van der Waals surface area contributed by atoms with E-state index in [1.165, 1.54) is 0 Å². The molecule has 0 bridgehead atoms. The first-order valence-corrected chi connectivity index (χ1v) is 6.97. The zero-order chi connectivity index (χ0) is 14.4. The molecule has 0 amide bonds. The minimum atomic E-state index is 0.0770. The van der Waals surface area contributed by atoms with Gasteiger partial charge in [0.2, 0.25) is 0 Å². The van der Waals surface area contributed by atoms with Crippen molar-refractivity contribution in [2.24, 2.45) is 5.73 Å². The van der Waals surface area contributed by atoms with Crippen LogP contribution < -0.4 is 15.8 Å². The van der Waals surface area contributed by atoms with Crippen molar-refractivity contribution in [3.05, 3.63) is 60.2 Å². The van der Waals surface area contributed by atoms with E-state index in [-0.39, 0.29) is 12.1 Å². The molecule has 0 aromatic heterocycles. The normalized spacial score (nSPS) is 12.2. The molecule has 0 heterocycles. The quantitative estimate of drug-likeness (QED) is 0.843. The smallest absolute Gasteiger partial charge is 0.120 e. The first kappa shape index (κ1) is 14.4. The first-order chi connectivity index (χ1) is 9.69. The second-order valence-corrected chi connectivity index (χ2v) is 5.04. The SMILES string of the molecule is CC(C)Oc1cccc(C(CN)Nc2ccccc2)c1. The number of ether oxygens (including phenoxy) is 1. The van der Waals surface area contributed by atoms with Crippen LogP contribution in [0.1, 0.15) is 25.5 Å². The molecule has 3 N–H and O–H groups in total. The van der Waals surface area contributed by atoms with Crippen LogP contribution in [0.2, 0.25) is 0 Å². The zero-order valence-corrected chi connectivity index (χ0v) is 12.0. The van der Waals surface area contributed by atoms with E-state index in [9.17, 15) is 0 Å². The molecule has 106 valence electrons. The van der Waals surface area contributed by atoms with Gasteiger partial charge in [0.1, 0.15) is 5.75 Å². The number of nitrogens with two attached hydrogens (primary N) is 1. The Labute approximate surface area is 120 Å². The predicted octanol–water partition coefficient (Wildman–Crippen LogP) is 3.59. The second-order valence-electron chi connectivity index (χ2n) is 5.04. The number of anilines is 1. The summed E-state index contributed by atoms with van der Waals surface area (Å²) in [5.41, 5.74) is 8.10. The van der Waals surface area contributed by atoms with E-state index in [1.807, 2.05) is 62.4 Å². The van der Waals surface area contributed by atoms with E-state index in [2.05, 4.69) is 11.4 Å². The van der Waals surface area contributed by atoms with Crippen molar-refractivity contribution in [3.63, 3.8) is 0 Å². The van der Waals surface area contributed by atoms with Gasteiger partial charge in [0.05, 0.1) is 12.1 Å². The van der Waals surface area contributed by atoms with Crippen LogP contribution in [0.15, 0.2) is 54.6 Å². The molecule has 2 aromatic carbocycles. The Kier molecular flexibility index (Phi) is 5.02. The molecule has 0 aliphatic heterocycles. The number of rotatable bonds is 6. The third-order valence-electron chi connectivity index (χ3n) is 2.98. The zero-order valence-electron chi connectivity index (χ0n) is 12.0. The van der Waals surface area contributed by atoms with Gasteiger partial charge in [-0.2, -0.15) is 0 Å². The molecule has 20 heavy (non-hydrogen) atoms. The molecule has 0 radical (unpaired) electrons. The summed E-state index contributed by atoms with van der Waals surface area (Å²) in [5, 5.41) is 3.44. The fourth-order valence-corrected chi connectivity index (χ4v) is 2.09. The lowest BCUT2D eigenvalue weighted by Gasteiger charge is -2.20. The van der Waals surface area contributed by atoms with Crippen LogP contribution in [0.5, 0.6) is 5.75 Å². The Bertz CT molecular complexity index is 526. The van der Waals surface area contributed by atoms with Crippen molar-refractivity contribution < 1.29 is 4.74 Å². The van der Waals surface area contributed by atoms with Crippen LogP contribution in [0.4, 0.5) is 5.69 Å². The van der Waals surface area contributed by atoms with Crippen molar-refractivity contribution >= 4 is 5.69 Å². The Balaban J connectivity index is 2.15. The fourth-order valence-electron chi connectivity index (χ4n) is 2.09. The van der Waals surface area contributed by atoms with E-state index in [0.717, 1.165) is 17.0 Å². The van der Waals surface area contributed by atoms with E-state index < -0.39 is 0 Å². The summed E-state index contributed by atoms with van der Waals surface area (Å²) >= 11 is 0. The summed E-state index contributed by atoms with van der Waals surface area (Å²) in [4.78, 5) is 0. The van der Waals surface area contributed by atoms with Crippen LogP contribution in [0.25, 0.3) is 0 Å². The summed E-state index contributed by atoms with van der Waals surface area (Å²) in [6, 6.07) is 18.3. The van der Waals surface area contributed by atoms with Gasteiger partial charge in [-0.05, 0) is 43.7 Å². The Morgan fingerprint density at radius 1 is 1.05 bits per heavy atom. The molecule has 0 saturated heterocycles. The van der Waals surface area contributed by atoms with Gasteiger partial charge in [0.25, 0.3) is 0 Å². The highest BCUT2D eigenvalue weighted by Crippen LogP contribution is 2.23. The molecule has 0 aliphatic carbocycles. The maximum Gasteiger partial charge on any atom is 0.120 e. The van der Waals surface area contributed by atoms with Crippen LogP contribution in [0, 0.1) is 0 Å². The minimum Gasteiger partial charge on any atom is -0.491 e. The standard InChI is InChI=1S/C17H22N2O/c1-13(2)20-16-10-6-7-14(11-16)17(12-18)19-15-8-4-3-5-9-15/h3-11,13,17,19H,12,18H2,1-2H3. The fraction of sp³-hybridized carbons (Fsp3) is 0.294. The van der Waals surface area contributed by atoms with E-state index >= 15 is 0 Å². The minimum absolute atomic E-state index is 0.0770. The van der Waals surface area contributed by atoms with Gasteiger partial charge in [-0.3, -0.25) is 0 Å². The summed E-state index contributed by atoms with van der Waals surface area (Å²) in [6.45, 7) is 4.57.